The molecule has 1 N–H and O–H groups in total. The topological polar surface area (TPSA) is 55.0 Å². The van der Waals surface area contributed by atoms with Crippen LogP contribution in [-0.2, 0) is 6.42 Å². The normalized spacial score (nSPS) is 11.0. The van der Waals surface area contributed by atoms with Crippen molar-refractivity contribution in [2.75, 3.05) is 7.11 Å². The van der Waals surface area contributed by atoms with Crippen LogP contribution in [0.15, 0.2) is 59.4 Å². The molecule has 4 aromatic rings. The van der Waals surface area contributed by atoms with Gasteiger partial charge in [0.15, 0.2) is 0 Å². The van der Waals surface area contributed by atoms with Gasteiger partial charge in [-0.3, -0.25) is 4.79 Å². The van der Waals surface area contributed by atoms with Crippen LogP contribution in [-0.4, -0.2) is 17.1 Å². The quantitative estimate of drug-likeness (QED) is 0.579. The van der Waals surface area contributed by atoms with Crippen LogP contribution in [0.4, 0.5) is 0 Å². The average Bonchev–Trinajstić information content (AvgIpc) is 2.99. The van der Waals surface area contributed by atoms with E-state index in [1.165, 1.54) is 0 Å². The maximum Gasteiger partial charge on any atom is 0.260 e. The van der Waals surface area contributed by atoms with E-state index in [0.29, 0.717) is 17.6 Å². The summed E-state index contributed by atoms with van der Waals surface area (Å²) in [6.45, 7) is 2.03. The molecule has 4 rings (SSSR count). The van der Waals surface area contributed by atoms with Crippen LogP contribution in [0.3, 0.4) is 0 Å². The first-order chi connectivity index (χ1) is 12.7. The van der Waals surface area contributed by atoms with E-state index < -0.39 is 0 Å². The number of fused-ring (bicyclic) bond motifs is 1. The molecule has 0 aliphatic carbocycles. The summed E-state index contributed by atoms with van der Waals surface area (Å²) in [7, 11) is 1.64. The molecule has 4 nitrogen and oxygen atoms in total. The molecule has 26 heavy (non-hydrogen) atoms. The zero-order valence-corrected chi connectivity index (χ0v) is 15.4. The number of thiophene rings is 1. The molecule has 2 aromatic heterocycles. The highest BCUT2D eigenvalue weighted by molar-refractivity contribution is 7.19. The van der Waals surface area contributed by atoms with Gasteiger partial charge in [0.25, 0.3) is 5.56 Å². The summed E-state index contributed by atoms with van der Waals surface area (Å²) in [5.74, 6) is 1.46. The maximum absolute atomic E-state index is 12.8. The molecule has 5 heteroatoms. The lowest BCUT2D eigenvalue weighted by molar-refractivity contribution is 0.415. The van der Waals surface area contributed by atoms with Gasteiger partial charge in [0.2, 0.25) is 0 Å². The minimum absolute atomic E-state index is 0.0944. The molecule has 0 atom stereocenters. The number of nitrogens with one attached hydrogen (secondary N) is 1. The van der Waals surface area contributed by atoms with Crippen molar-refractivity contribution in [3.05, 3.63) is 81.2 Å². The molecule has 0 unspecified atom stereocenters. The Kier molecular flexibility index (Phi) is 4.31. The van der Waals surface area contributed by atoms with E-state index in [4.69, 9.17) is 9.72 Å². The van der Waals surface area contributed by atoms with Crippen molar-refractivity contribution in [1.29, 1.82) is 0 Å². The number of hydrogen-bond acceptors (Lipinski definition) is 4. The summed E-state index contributed by atoms with van der Waals surface area (Å²) in [5, 5.41) is 0.651. The number of methoxy groups -OCH3 is 1. The lowest BCUT2D eigenvalue weighted by atomic mass is 10.0. The van der Waals surface area contributed by atoms with Gasteiger partial charge >= 0.3 is 0 Å². The van der Waals surface area contributed by atoms with Gasteiger partial charge in [0.05, 0.1) is 12.5 Å². The van der Waals surface area contributed by atoms with Crippen LogP contribution in [0, 0.1) is 6.92 Å². The summed E-state index contributed by atoms with van der Waals surface area (Å²) in [5.41, 5.74) is 2.93. The molecular formula is C21H18N2O2S. The number of hydrogen-bond donors (Lipinski definition) is 1. The largest absolute Gasteiger partial charge is 0.497 e. The minimum atomic E-state index is -0.0944. The molecule has 0 aliphatic rings. The lowest BCUT2D eigenvalue weighted by Gasteiger charge is -2.05. The fourth-order valence-electron chi connectivity index (χ4n) is 3.16. The molecule has 2 aromatic carbocycles. The third kappa shape index (κ3) is 3.02. The summed E-state index contributed by atoms with van der Waals surface area (Å²) < 4.78 is 5.32. The molecule has 0 saturated carbocycles. The number of aromatic nitrogens is 2. The Morgan fingerprint density at radius 3 is 2.69 bits per heavy atom. The summed E-state index contributed by atoms with van der Waals surface area (Å²) in [6, 6.07) is 17.8. The SMILES string of the molecule is COc1cccc(-c2c(C)sc3nc(Cc4ccccc4)[nH]c(=O)c23)c1. The van der Waals surface area contributed by atoms with Crippen LogP contribution in [0.2, 0.25) is 0 Å². The molecule has 130 valence electrons. The zero-order valence-electron chi connectivity index (χ0n) is 14.6. The molecule has 0 amide bonds. The Morgan fingerprint density at radius 2 is 1.92 bits per heavy atom. The van der Waals surface area contributed by atoms with Crippen molar-refractivity contribution in [1.82, 2.24) is 9.97 Å². The molecular weight excluding hydrogens is 344 g/mol. The highest BCUT2D eigenvalue weighted by Gasteiger charge is 2.17. The molecule has 0 bridgehead atoms. The highest BCUT2D eigenvalue weighted by Crippen LogP contribution is 2.36. The van der Waals surface area contributed by atoms with Crippen LogP contribution in [0.25, 0.3) is 21.3 Å². The van der Waals surface area contributed by atoms with Crippen LogP contribution in [0.5, 0.6) is 5.75 Å². The van der Waals surface area contributed by atoms with Crippen molar-refractivity contribution >= 4 is 21.6 Å². The number of H-pyrrole nitrogens is 1. The lowest BCUT2D eigenvalue weighted by Crippen LogP contribution is -2.11. The van der Waals surface area contributed by atoms with Gasteiger partial charge in [-0.25, -0.2) is 4.98 Å². The summed E-state index contributed by atoms with van der Waals surface area (Å²) in [6.07, 6.45) is 0.609. The Bertz CT molecular complexity index is 1130. The van der Waals surface area contributed by atoms with E-state index in [0.717, 1.165) is 32.1 Å². The number of benzene rings is 2. The molecule has 0 fully saturated rings. The number of ether oxygens (including phenoxy) is 1. The van der Waals surface area contributed by atoms with Gasteiger partial charge in [-0.2, -0.15) is 0 Å². The van der Waals surface area contributed by atoms with Gasteiger partial charge in [-0.1, -0.05) is 42.5 Å². The molecule has 0 spiro atoms. The van der Waals surface area contributed by atoms with Crippen LogP contribution < -0.4 is 10.3 Å². The fourth-order valence-corrected chi connectivity index (χ4v) is 4.23. The second kappa shape index (κ2) is 6.77. The molecule has 0 aliphatic heterocycles. The first-order valence-electron chi connectivity index (χ1n) is 8.36. The first-order valence-corrected chi connectivity index (χ1v) is 9.18. The smallest absolute Gasteiger partial charge is 0.260 e. The standard InChI is InChI=1S/C21H18N2O2S/c1-13-18(15-9-6-10-16(12-15)25-2)19-20(24)22-17(23-21(19)26-13)11-14-7-4-3-5-8-14/h3-10,12H,11H2,1-2H3,(H,22,23,24). The summed E-state index contributed by atoms with van der Waals surface area (Å²) in [4.78, 5) is 22.3. The van der Waals surface area contributed by atoms with E-state index in [1.54, 1.807) is 18.4 Å². The molecule has 0 saturated heterocycles. The van der Waals surface area contributed by atoms with E-state index in [-0.39, 0.29) is 5.56 Å². The van der Waals surface area contributed by atoms with E-state index in [2.05, 4.69) is 4.98 Å². The molecule has 2 heterocycles. The Hall–Kier alpha value is -2.92. The first kappa shape index (κ1) is 16.5. The van der Waals surface area contributed by atoms with Crippen molar-refractivity contribution in [3.63, 3.8) is 0 Å². The van der Waals surface area contributed by atoms with Crippen LogP contribution >= 0.6 is 11.3 Å². The Morgan fingerprint density at radius 1 is 1.12 bits per heavy atom. The van der Waals surface area contributed by atoms with Gasteiger partial charge in [0, 0.05) is 16.9 Å². The predicted molar refractivity (Wildman–Crippen MR) is 106 cm³/mol. The molecule has 0 radical (unpaired) electrons. The minimum Gasteiger partial charge on any atom is -0.497 e. The second-order valence-electron chi connectivity index (χ2n) is 6.12. The highest BCUT2D eigenvalue weighted by atomic mass is 32.1. The fraction of sp³-hybridized carbons (Fsp3) is 0.143. The van der Waals surface area contributed by atoms with Gasteiger partial charge in [-0.15, -0.1) is 11.3 Å². The maximum atomic E-state index is 12.8. The van der Waals surface area contributed by atoms with E-state index in [9.17, 15) is 4.79 Å². The number of nitrogens with zero attached hydrogens (tertiary/aromatic N) is 1. The Balaban J connectivity index is 1.84. The Labute approximate surface area is 155 Å². The van der Waals surface area contributed by atoms with E-state index in [1.807, 2.05) is 61.5 Å². The third-order valence-electron chi connectivity index (χ3n) is 4.36. The van der Waals surface area contributed by atoms with Crippen LogP contribution in [0.1, 0.15) is 16.3 Å². The van der Waals surface area contributed by atoms with Gasteiger partial charge in [-0.05, 0) is 30.2 Å². The van der Waals surface area contributed by atoms with Crippen molar-refractivity contribution < 1.29 is 4.74 Å². The van der Waals surface area contributed by atoms with Crippen molar-refractivity contribution in [2.24, 2.45) is 0 Å². The number of aryl methyl sites for hydroxylation is 1. The number of rotatable bonds is 4. The average molecular weight is 362 g/mol. The third-order valence-corrected chi connectivity index (χ3v) is 5.36. The van der Waals surface area contributed by atoms with Gasteiger partial charge < -0.3 is 9.72 Å². The van der Waals surface area contributed by atoms with Crippen molar-refractivity contribution in [3.8, 4) is 16.9 Å². The predicted octanol–water partition coefficient (Wildman–Crippen LogP) is 4.56. The van der Waals surface area contributed by atoms with E-state index >= 15 is 0 Å². The second-order valence-corrected chi connectivity index (χ2v) is 7.32. The van der Waals surface area contributed by atoms with Crippen molar-refractivity contribution in [2.45, 2.75) is 13.3 Å². The number of aromatic amines is 1. The van der Waals surface area contributed by atoms with Gasteiger partial charge in [0.1, 0.15) is 16.4 Å². The monoisotopic (exact) mass is 362 g/mol. The zero-order chi connectivity index (χ0) is 18.1. The summed E-state index contributed by atoms with van der Waals surface area (Å²) >= 11 is 1.55.